The number of benzene rings is 1. The molecular weight excluding hydrogens is 496 g/mol. The zero-order valence-electron chi connectivity index (χ0n) is 21.4. The minimum Gasteiger partial charge on any atom is -0.379 e. The van der Waals surface area contributed by atoms with Gasteiger partial charge in [0.05, 0.1) is 12.2 Å². The average molecular weight is 527 g/mol. The van der Waals surface area contributed by atoms with E-state index in [1.54, 1.807) is 6.20 Å². The molecule has 3 fully saturated rings. The maximum atomic E-state index is 12.8. The van der Waals surface area contributed by atoms with Crippen LogP contribution in [-0.2, 0) is 11.3 Å². The lowest BCUT2D eigenvalue weighted by atomic mass is 9.91. The van der Waals surface area contributed by atoms with Gasteiger partial charge in [0.15, 0.2) is 0 Å². The summed E-state index contributed by atoms with van der Waals surface area (Å²) >= 11 is 6.12. The molecule has 0 bridgehead atoms. The van der Waals surface area contributed by atoms with Gasteiger partial charge in [0.25, 0.3) is 0 Å². The third-order valence-corrected chi connectivity index (χ3v) is 8.33. The highest BCUT2D eigenvalue weighted by Crippen LogP contribution is 2.48. The molecule has 2 aliphatic carbocycles. The van der Waals surface area contributed by atoms with Crippen molar-refractivity contribution in [2.45, 2.75) is 43.6 Å². The molecule has 0 spiro atoms. The number of carbonyl (C=O) groups excluding carboxylic acids is 1. The number of likely N-dealkylation sites (tertiary alicyclic amines) is 1. The van der Waals surface area contributed by atoms with Gasteiger partial charge in [-0.05, 0) is 73.5 Å². The predicted octanol–water partition coefficient (Wildman–Crippen LogP) is 5.64. The number of hydrogen-bond donors (Lipinski definition) is 2. The second kappa shape index (κ2) is 9.40. The number of hydrogen-bond acceptors (Lipinski definition) is 5. The Labute approximate surface area is 227 Å². The number of pyridine rings is 2. The van der Waals surface area contributed by atoms with Gasteiger partial charge < -0.3 is 19.9 Å². The SMILES string of the molecule is CN1CC(c2cc(C3CC3)cn3cc(CNc4ccnc(NC(=O)[C@H]5C[C@@H]5c5cccc(Cl)c5)c4)nc23)C1. The zero-order chi connectivity index (χ0) is 25.8. The number of aromatic nitrogens is 3. The van der Waals surface area contributed by atoms with Crippen molar-refractivity contribution in [1.82, 2.24) is 19.3 Å². The summed E-state index contributed by atoms with van der Waals surface area (Å²) < 4.78 is 2.22. The van der Waals surface area contributed by atoms with Crippen molar-refractivity contribution < 1.29 is 4.79 Å². The van der Waals surface area contributed by atoms with E-state index in [4.69, 9.17) is 16.6 Å². The molecule has 3 aliphatic rings. The third-order valence-electron chi connectivity index (χ3n) is 8.09. The Kier molecular flexibility index (Phi) is 5.86. The molecule has 1 aromatic carbocycles. The van der Waals surface area contributed by atoms with Crippen molar-refractivity contribution in [3.05, 3.63) is 88.5 Å². The summed E-state index contributed by atoms with van der Waals surface area (Å²) in [6.07, 6.45) is 9.55. The van der Waals surface area contributed by atoms with Crippen molar-refractivity contribution in [2.75, 3.05) is 30.8 Å². The van der Waals surface area contributed by atoms with Crippen molar-refractivity contribution >= 4 is 34.7 Å². The van der Waals surface area contributed by atoms with Gasteiger partial charge in [-0.15, -0.1) is 0 Å². The van der Waals surface area contributed by atoms with E-state index in [9.17, 15) is 4.79 Å². The molecule has 0 radical (unpaired) electrons. The van der Waals surface area contributed by atoms with Gasteiger partial charge in [-0.1, -0.05) is 23.7 Å². The Hall–Kier alpha value is -3.42. The van der Waals surface area contributed by atoms with Crippen LogP contribution >= 0.6 is 11.6 Å². The first-order valence-corrected chi connectivity index (χ1v) is 13.8. The van der Waals surface area contributed by atoms with Gasteiger partial charge in [-0.25, -0.2) is 9.97 Å². The van der Waals surface area contributed by atoms with Gasteiger partial charge in [0, 0.05) is 65.9 Å². The molecule has 8 heteroatoms. The number of anilines is 2. The van der Waals surface area contributed by atoms with E-state index in [1.165, 1.54) is 24.0 Å². The number of nitrogens with one attached hydrogen (secondary N) is 2. The molecule has 194 valence electrons. The number of rotatable bonds is 8. The Morgan fingerprint density at radius 3 is 2.74 bits per heavy atom. The first-order chi connectivity index (χ1) is 18.5. The molecule has 4 aromatic rings. The highest BCUT2D eigenvalue weighted by atomic mass is 35.5. The molecule has 0 unspecified atom stereocenters. The van der Waals surface area contributed by atoms with E-state index in [0.29, 0.717) is 29.2 Å². The van der Waals surface area contributed by atoms with E-state index >= 15 is 0 Å². The molecule has 2 atom stereocenters. The highest BCUT2D eigenvalue weighted by Gasteiger charge is 2.44. The van der Waals surface area contributed by atoms with Crippen LogP contribution in [0.5, 0.6) is 0 Å². The van der Waals surface area contributed by atoms with Crippen LogP contribution in [0.1, 0.15) is 59.4 Å². The standard InChI is InChI=1S/C30H31ClN6O/c1-36-14-21(15-36)26-10-20(18-5-6-18)16-37-17-24(34-29(26)37)13-33-23-7-8-32-28(11-23)35-30(38)27-12-25(27)19-3-2-4-22(31)9-19/h2-4,7-11,16-18,21,25,27H,5-6,12-15H2,1H3,(H2,32,33,35,38)/t25-,27+/m1/s1. The summed E-state index contributed by atoms with van der Waals surface area (Å²) in [5, 5.41) is 7.16. The van der Waals surface area contributed by atoms with Gasteiger partial charge in [0.1, 0.15) is 11.5 Å². The molecule has 1 aliphatic heterocycles. The monoisotopic (exact) mass is 526 g/mol. The van der Waals surface area contributed by atoms with E-state index in [0.717, 1.165) is 42.1 Å². The Bertz CT molecular complexity index is 1520. The Balaban J connectivity index is 1.02. The fourth-order valence-corrected chi connectivity index (χ4v) is 5.93. The second-order valence-corrected chi connectivity index (χ2v) is 11.6. The van der Waals surface area contributed by atoms with Gasteiger partial charge in [-0.3, -0.25) is 4.79 Å². The summed E-state index contributed by atoms with van der Waals surface area (Å²) in [6.45, 7) is 2.79. The topological polar surface area (TPSA) is 74.6 Å². The Morgan fingerprint density at radius 2 is 1.95 bits per heavy atom. The quantitative estimate of drug-likeness (QED) is 0.310. The summed E-state index contributed by atoms with van der Waals surface area (Å²) in [5.41, 5.74) is 6.91. The van der Waals surface area contributed by atoms with E-state index in [1.807, 2.05) is 36.4 Å². The van der Waals surface area contributed by atoms with Gasteiger partial charge in [0.2, 0.25) is 5.91 Å². The molecule has 2 saturated carbocycles. The molecule has 1 saturated heterocycles. The maximum Gasteiger partial charge on any atom is 0.229 e. The number of halogens is 1. The zero-order valence-corrected chi connectivity index (χ0v) is 22.2. The molecule has 2 N–H and O–H groups in total. The Morgan fingerprint density at radius 1 is 1.08 bits per heavy atom. The molecule has 7 nitrogen and oxygen atoms in total. The molecule has 38 heavy (non-hydrogen) atoms. The first kappa shape index (κ1) is 23.7. The van der Waals surface area contributed by atoms with Gasteiger partial charge >= 0.3 is 0 Å². The largest absolute Gasteiger partial charge is 0.379 e. The average Bonchev–Trinajstić information content (AvgIpc) is 3.81. The predicted molar refractivity (Wildman–Crippen MR) is 150 cm³/mol. The first-order valence-electron chi connectivity index (χ1n) is 13.5. The second-order valence-electron chi connectivity index (χ2n) is 11.2. The summed E-state index contributed by atoms with van der Waals surface area (Å²) in [7, 11) is 2.17. The van der Waals surface area contributed by atoms with Crippen molar-refractivity contribution in [2.24, 2.45) is 5.92 Å². The third kappa shape index (κ3) is 4.76. The fraction of sp³-hybridized carbons (Fsp3) is 0.367. The van der Waals surface area contributed by atoms with Crippen LogP contribution in [0.3, 0.4) is 0 Å². The molecule has 3 aromatic heterocycles. The number of amides is 1. The molecule has 1 amide bonds. The van der Waals surface area contributed by atoms with Crippen LogP contribution in [0, 0.1) is 5.92 Å². The van der Waals surface area contributed by atoms with Crippen molar-refractivity contribution in [1.29, 1.82) is 0 Å². The highest BCUT2D eigenvalue weighted by molar-refractivity contribution is 6.30. The number of likely N-dealkylation sites (N-methyl/N-ethyl adjacent to an activating group) is 1. The minimum atomic E-state index is -0.0463. The lowest BCUT2D eigenvalue weighted by Gasteiger charge is -2.36. The van der Waals surface area contributed by atoms with E-state index in [2.05, 4.69) is 50.4 Å². The van der Waals surface area contributed by atoms with Crippen LogP contribution < -0.4 is 10.6 Å². The lowest BCUT2D eigenvalue weighted by Crippen LogP contribution is -2.41. The van der Waals surface area contributed by atoms with Crippen LogP contribution in [0.15, 0.2) is 61.1 Å². The van der Waals surface area contributed by atoms with Crippen LogP contribution in [0.4, 0.5) is 11.5 Å². The summed E-state index contributed by atoms with van der Waals surface area (Å²) in [4.78, 5) is 24.6. The summed E-state index contributed by atoms with van der Waals surface area (Å²) in [6, 6.07) is 14.0. The fourth-order valence-electron chi connectivity index (χ4n) is 5.73. The maximum absolute atomic E-state index is 12.8. The normalized spacial score (nSPS) is 21.3. The number of carbonyl (C=O) groups is 1. The van der Waals surface area contributed by atoms with Crippen LogP contribution in [0.25, 0.3) is 5.65 Å². The van der Waals surface area contributed by atoms with E-state index in [-0.39, 0.29) is 17.7 Å². The lowest BCUT2D eigenvalue weighted by molar-refractivity contribution is -0.117. The minimum absolute atomic E-state index is 0.000567. The number of imidazole rings is 1. The summed E-state index contributed by atoms with van der Waals surface area (Å²) in [5.74, 6) is 1.99. The van der Waals surface area contributed by atoms with Gasteiger partial charge in [-0.2, -0.15) is 0 Å². The van der Waals surface area contributed by atoms with Crippen LogP contribution in [-0.4, -0.2) is 45.3 Å². The molecular formula is C30H31ClN6O. The van der Waals surface area contributed by atoms with E-state index < -0.39 is 0 Å². The molecule has 4 heterocycles. The smallest absolute Gasteiger partial charge is 0.229 e. The van der Waals surface area contributed by atoms with Crippen molar-refractivity contribution in [3.63, 3.8) is 0 Å². The van der Waals surface area contributed by atoms with Crippen LogP contribution in [0.2, 0.25) is 5.02 Å². The molecule has 7 rings (SSSR count). The number of nitrogens with zero attached hydrogens (tertiary/aromatic N) is 4. The number of fused-ring (bicyclic) bond motifs is 1. The van der Waals surface area contributed by atoms with Crippen molar-refractivity contribution in [3.8, 4) is 0 Å².